The summed E-state index contributed by atoms with van der Waals surface area (Å²) in [7, 11) is -3.96. The number of para-hydroxylation sites is 2. The number of nitrogens with zero attached hydrogens (tertiary/aromatic N) is 3. The van der Waals surface area contributed by atoms with Crippen molar-refractivity contribution in [1.29, 1.82) is 5.26 Å². The van der Waals surface area contributed by atoms with Gasteiger partial charge in [0.2, 0.25) is 9.84 Å². The number of sulfone groups is 1. The van der Waals surface area contributed by atoms with Crippen molar-refractivity contribution in [1.82, 2.24) is 9.97 Å². The molecule has 1 atom stereocenters. The summed E-state index contributed by atoms with van der Waals surface area (Å²) in [4.78, 5) is 9.06. The number of fused-ring (bicyclic) bond motifs is 1. The average Bonchev–Trinajstić information content (AvgIpc) is 2.64. The Morgan fingerprint density at radius 3 is 2.33 bits per heavy atom. The Morgan fingerprint density at radius 2 is 1.74 bits per heavy atom. The van der Waals surface area contributed by atoms with Crippen LogP contribution in [0.5, 0.6) is 0 Å². The van der Waals surface area contributed by atoms with Crippen LogP contribution in [0.4, 0.5) is 5.82 Å². The molecule has 0 aliphatic carbocycles. The summed E-state index contributed by atoms with van der Waals surface area (Å²) in [5.74, 6) is 0.315. The van der Waals surface area contributed by atoms with Crippen molar-refractivity contribution in [3.63, 3.8) is 0 Å². The molecule has 0 fully saturated rings. The van der Waals surface area contributed by atoms with Crippen molar-refractivity contribution < 1.29 is 8.42 Å². The number of anilines is 1. The first-order chi connectivity index (χ1) is 12.9. The molecule has 7 heteroatoms. The molecular formula is C20H20N4O2S. The fourth-order valence-electron chi connectivity index (χ4n) is 2.80. The van der Waals surface area contributed by atoms with Gasteiger partial charge in [-0.05, 0) is 56.2 Å². The number of aryl methyl sites for hydroxylation is 2. The van der Waals surface area contributed by atoms with Gasteiger partial charge < -0.3 is 5.32 Å². The Balaban J connectivity index is 2.21. The summed E-state index contributed by atoms with van der Waals surface area (Å²) in [6, 6.07) is 14.0. The van der Waals surface area contributed by atoms with Gasteiger partial charge in [-0.3, -0.25) is 0 Å². The van der Waals surface area contributed by atoms with Crippen LogP contribution in [0, 0.1) is 25.2 Å². The minimum atomic E-state index is -3.96. The first-order valence-corrected chi connectivity index (χ1v) is 10.1. The summed E-state index contributed by atoms with van der Waals surface area (Å²) in [6.07, 6.45) is 0. The van der Waals surface area contributed by atoms with Crippen LogP contribution in [0.1, 0.15) is 29.0 Å². The second-order valence-corrected chi connectivity index (χ2v) is 8.31. The van der Waals surface area contributed by atoms with E-state index in [1.807, 2.05) is 32.9 Å². The van der Waals surface area contributed by atoms with E-state index in [0.29, 0.717) is 23.4 Å². The van der Waals surface area contributed by atoms with Gasteiger partial charge in [-0.1, -0.05) is 18.2 Å². The quantitative estimate of drug-likeness (QED) is 0.725. The zero-order chi connectivity index (χ0) is 19.6. The van der Waals surface area contributed by atoms with E-state index in [2.05, 4.69) is 15.3 Å². The van der Waals surface area contributed by atoms with Crippen LogP contribution < -0.4 is 5.32 Å². The van der Waals surface area contributed by atoms with Gasteiger partial charge >= 0.3 is 0 Å². The van der Waals surface area contributed by atoms with Crippen LogP contribution in [0.25, 0.3) is 11.0 Å². The molecule has 1 aromatic heterocycles. The Labute approximate surface area is 158 Å². The molecule has 2 aromatic carbocycles. The number of benzene rings is 2. The highest BCUT2D eigenvalue weighted by molar-refractivity contribution is 7.92. The maximum atomic E-state index is 13.2. The molecule has 1 heterocycles. The predicted molar refractivity (Wildman–Crippen MR) is 105 cm³/mol. The molecule has 0 saturated heterocycles. The highest BCUT2D eigenvalue weighted by Gasteiger charge is 2.33. The molecule has 0 saturated carbocycles. The summed E-state index contributed by atoms with van der Waals surface area (Å²) >= 11 is 0. The van der Waals surface area contributed by atoms with Gasteiger partial charge in [0.25, 0.3) is 0 Å². The molecule has 138 valence electrons. The van der Waals surface area contributed by atoms with Gasteiger partial charge in [-0.15, -0.1) is 0 Å². The van der Waals surface area contributed by atoms with Gasteiger partial charge in [0, 0.05) is 6.54 Å². The minimum Gasteiger partial charge on any atom is -0.369 e. The van der Waals surface area contributed by atoms with Crippen LogP contribution in [-0.4, -0.2) is 24.9 Å². The van der Waals surface area contributed by atoms with Crippen molar-refractivity contribution in [3.8, 4) is 6.07 Å². The lowest BCUT2D eigenvalue weighted by Gasteiger charge is -2.16. The maximum Gasteiger partial charge on any atom is 0.200 e. The summed E-state index contributed by atoms with van der Waals surface area (Å²) in [6.45, 7) is 6.16. The molecule has 3 rings (SSSR count). The van der Waals surface area contributed by atoms with E-state index in [1.165, 1.54) is 6.07 Å². The number of aromatic nitrogens is 2. The molecule has 0 aliphatic rings. The second-order valence-electron chi connectivity index (χ2n) is 6.28. The van der Waals surface area contributed by atoms with Crippen molar-refractivity contribution >= 4 is 26.7 Å². The molecule has 0 radical (unpaired) electrons. The van der Waals surface area contributed by atoms with Gasteiger partial charge in [-0.25, -0.2) is 18.4 Å². The number of rotatable bonds is 5. The normalized spacial score (nSPS) is 12.5. The fourth-order valence-corrected chi connectivity index (χ4v) is 4.27. The predicted octanol–water partition coefficient (Wildman–Crippen LogP) is 3.72. The molecule has 0 aliphatic heterocycles. The topological polar surface area (TPSA) is 95.7 Å². The van der Waals surface area contributed by atoms with Crippen molar-refractivity contribution in [2.24, 2.45) is 0 Å². The van der Waals surface area contributed by atoms with Crippen LogP contribution in [-0.2, 0) is 9.84 Å². The first-order valence-electron chi connectivity index (χ1n) is 8.59. The van der Waals surface area contributed by atoms with Crippen LogP contribution in [0.15, 0.2) is 47.4 Å². The maximum absolute atomic E-state index is 13.2. The van der Waals surface area contributed by atoms with Gasteiger partial charge in [0.15, 0.2) is 11.1 Å². The number of hydrogen-bond acceptors (Lipinski definition) is 6. The lowest BCUT2D eigenvalue weighted by molar-refractivity contribution is 0.590. The Hall–Kier alpha value is -2.98. The largest absolute Gasteiger partial charge is 0.369 e. The molecule has 3 aromatic rings. The third kappa shape index (κ3) is 3.49. The van der Waals surface area contributed by atoms with E-state index in [1.54, 1.807) is 30.3 Å². The number of nitriles is 1. The van der Waals surface area contributed by atoms with E-state index in [4.69, 9.17) is 0 Å². The van der Waals surface area contributed by atoms with E-state index < -0.39 is 15.1 Å². The monoisotopic (exact) mass is 380 g/mol. The third-order valence-electron chi connectivity index (χ3n) is 4.42. The average molecular weight is 380 g/mol. The minimum absolute atomic E-state index is 0.106. The van der Waals surface area contributed by atoms with Crippen LogP contribution >= 0.6 is 0 Å². The number of nitrogens with one attached hydrogen (secondary N) is 1. The SMILES string of the molecule is CCNc1nc2ccccc2nc1[C@@H](C#N)S(=O)(=O)c1ccc(C)c(C)c1. The summed E-state index contributed by atoms with van der Waals surface area (Å²) in [5.41, 5.74) is 3.14. The van der Waals surface area contributed by atoms with E-state index >= 15 is 0 Å². The molecule has 27 heavy (non-hydrogen) atoms. The first kappa shape index (κ1) is 18.8. The molecule has 0 spiro atoms. The van der Waals surface area contributed by atoms with E-state index in [9.17, 15) is 13.7 Å². The standard InChI is InChI=1S/C20H20N4O2S/c1-4-22-20-19(23-16-7-5-6-8-17(16)24-20)18(12-21)27(25,26)15-10-9-13(2)14(3)11-15/h5-11,18H,4H2,1-3H3,(H,22,24)/t18-/m1/s1. The van der Waals surface area contributed by atoms with E-state index in [0.717, 1.165) is 11.1 Å². The van der Waals surface area contributed by atoms with Crippen molar-refractivity contribution in [2.75, 3.05) is 11.9 Å². The lowest BCUT2D eigenvalue weighted by atomic mass is 10.1. The summed E-state index contributed by atoms with van der Waals surface area (Å²) in [5, 5.41) is 11.3. The second kappa shape index (κ2) is 7.33. The Kier molecular flexibility index (Phi) is 5.10. The zero-order valence-corrected chi connectivity index (χ0v) is 16.2. The van der Waals surface area contributed by atoms with Gasteiger partial charge in [0.1, 0.15) is 5.69 Å². The lowest BCUT2D eigenvalue weighted by Crippen LogP contribution is -2.17. The zero-order valence-electron chi connectivity index (χ0n) is 15.4. The smallest absolute Gasteiger partial charge is 0.200 e. The molecule has 0 unspecified atom stereocenters. The molecule has 0 bridgehead atoms. The number of hydrogen-bond donors (Lipinski definition) is 1. The molecule has 1 N–H and O–H groups in total. The molecule has 6 nitrogen and oxygen atoms in total. The van der Waals surface area contributed by atoms with Gasteiger partial charge in [-0.2, -0.15) is 5.26 Å². The summed E-state index contributed by atoms with van der Waals surface area (Å²) < 4.78 is 26.4. The van der Waals surface area contributed by atoms with E-state index in [-0.39, 0.29) is 10.6 Å². The van der Waals surface area contributed by atoms with Crippen molar-refractivity contribution in [3.05, 3.63) is 59.3 Å². The molecule has 0 amide bonds. The van der Waals surface area contributed by atoms with Gasteiger partial charge in [0.05, 0.1) is 22.0 Å². The fraction of sp³-hybridized carbons (Fsp3) is 0.250. The van der Waals surface area contributed by atoms with Crippen LogP contribution in [0.3, 0.4) is 0 Å². The highest BCUT2D eigenvalue weighted by Crippen LogP contribution is 2.32. The highest BCUT2D eigenvalue weighted by atomic mass is 32.2. The molecular weight excluding hydrogens is 360 g/mol. The van der Waals surface area contributed by atoms with Crippen molar-refractivity contribution in [2.45, 2.75) is 30.9 Å². The van der Waals surface area contributed by atoms with Crippen LogP contribution in [0.2, 0.25) is 0 Å². The Morgan fingerprint density at radius 1 is 1.07 bits per heavy atom. The Bertz CT molecular complexity index is 1150. The third-order valence-corrected chi connectivity index (χ3v) is 6.28.